The topological polar surface area (TPSA) is 82.7 Å². The van der Waals surface area contributed by atoms with Crippen LogP contribution < -0.4 is 15.4 Å². The van der Waals surface area contributed by atoms with Crippen molar-refractivity contribution in [2.45, 2.75) is 23.7 Å². The summed E-state index contributed by atoms with van der Waals surface area (Å²) in [6.07, 6.45) is 7.82. The first kappa shape index (κ1) is 38.8. The van der Waals surface area contributed by atoms with Gasteiger partial charge in [0.15, 0.2) is 6.17 Å². The zero-order chi connectivity index (χ0) is 44.3. The number of aliphatic imine (C=N–C) groups is 4. The maximum atomic E-state index is 6.99. The predicted molar refractivity (Wildman–Crippen MR) is 269 cm³/mol. The van der Waals surface area contributed by atoms with Crippen LogP contribution in [0.3, 0.4) is 0 Å². The lowest BCUT2D eigenvalue weighted by atomic mass is 9.66. The van der Waals surface area contributed by atoms with Crippen LogP contribution in [0.4, 0.5) is 0 Å². The number of rotatable bonds is 7. The van der Waals surface area contributed by atoms with Crippen LogP contribution in [0.25, 0.3) is 16.8 Å². The molecule has 0 aromatic heterocycles. The second-order valence-electron chi connectivity index (χ2n) is 17.4. The molecule has 13 rings (SSSR count). The molecule has 7 nitrogen and oxygen atoms in total. The predicted octanol–water partition coefficient (Wildman–Crippen LogP) is 12.5. The lowest BCUT2D eigenvalue weighted by molar-refractivity contribution is 0.435. The highest BCUT2D eigenvalue weighted by Crippen LogP contribution is 2.62. The third kappa shape index (κ3) is 6.50. The van der Waals surface area contributed by atoms with Crippen LogP contribution in [0.2, 0.25) is 0 Å². The van der Waals surface area contributed by atoms with Crippen molar-refractivity contribution in [3.05, 3.63) is 280 Å². The van der Waals surface area contributed by atoms with Crippen molar-refractivity contribution in [3.8, 4) is 22.6 Å². The number of para-hydroxylation sites is 1. The van der Waals surface area contributed by atoms with Gasteiger partial charge in [-0.2, -0.15) is 0 Å². The molecule has 4 atom stereocenters. The minimum absolute atomic E-state index is 0.0559. The van der Waals surface area contributed by atoms with Crippen LogP contribution in [0.1, 0.15) is 79.4 Å². The van der Waals surface area contributed by atoms with Crippen LogP contribution in [0.5, 0.6) is 11.5 Å². The Morgan fingerprint density at radius 3 is 1.76 bits per heavy atom. The van der Waals surface area contributed by atoms with E-state index < -0.39 is 11.6 Å². The van der Waals surface area contributed by atoms with Gasteiger partial charge in [0.05, 0.1) is 17.5 Å². The molecule has 4 aliphatic heterocycles. The highest BCUT2D eigenvalue weighted by molar-refractivity contribution is 6.16. The molecule has 318 valence electrons. The van der Waals surface area contributed by atoms with Crippen molar-refractivity contribution in [2.24, 2.45) is 20.0 Å². The molecule has 0 amide bonds. The van der Waals surface area contributed by atoms with Crippen molar-refractivity contribution in [2.75, 3.05) is 0 Å². The number of hydrogen-bond acceptors (Lipinski definition) is 7. The lowest BCUT2D eigenvalue weighted by Gasteiger charge is -2.39. The van der Waals surface area contributed by atoms with E-state index in [0.717, 1.165) is 90.3 Å². The Hall–Kier alpha value is -8.68. The molecular formula is C60H42N6O. The fraction of sp³-hybridized carbons (Fsp3) is 0.0667. The molecule has 0 saturated heterocycles. The van der Waals surface area contributed by atoms with Crippen molar-refractivity contribution < 1.29 is 4.74 Å². The summed E-state index contributed by atoms with van der Waals surface area (Å²) in [4.78, 5) is 20.3. The molecule has 2 N–H and O–H groups in total. The third-order valence-electron chi connectivity index (χ3n) is 13.5. The molecule has 0 fully saturated rings. The highest BCUT2D eigenvalue weighted by atomic mass is 16.5. The Kier molecular flexibility index (Phi) is 9.13. The van der Waals surface area contributed by atoms with Gasteiger partial charge in [0.1, 0.15) is 29.0 Å². The first-order valence-electron chi connectivity index (χ1n) is 22.8. The summed E-state index contributed by atoms with van der Waals surface area (Å²) < 4.78 is 6.99. The Morgan fingerprint density at radius 2 is 1.01 bits per heavy atom. The number of fused-ring (bicyclic) bond motifs is 9. The van der Waals surface area contributed by atoms with E-state index in [9.17, 15) is 0 Å². The van der Waals surface area contributed by atoms with Gasteiger partial charge in [0, 0.05) is 39.7 Å². The van der Waals surface area contributed by atoms with Crippen LogP contribution in [-0.4, -0.2) is 23.7 Å². The molecular weight excluding hydrogens is 821 g/mol. The van der Waals surface area contributed by atoms with Crippen LogP contribution >= 0.6 is 0 Å². The number of benzene rings is 8. The Morgan fingerprint density at radius 1 is 0.418 bits per heavy atom. The monoisotopic (exact) mass is 862 g/mol. The quantitative estimate of drug-likeness (QED) is 0.167. The summed E-state index contributed by atoms with van der Waals surface area (Å²) in [6, 6.07) is 70.3. The average molecular weight is 863 g/mol. The van der Waals surface area contributed by atoms with Gasteiger partial charge >= 0.3 is 0 Å². The van der Waals surface area contributed by atoms with Gasteiger partial charge in [0.25, 0.3) is 0 Å². The Bertz CT molecular complexity index is 3430. The Balaban J connectivity index is 0.933. The average Bonchev–Trinajstić information content (AvgIpc) is 4.05. The van der Waals surface area contributed by atoms with E-state index in [2.05, 4.69) is 186 Å². The number of ether oxygens (including phenoxy) is 1. The maximum absolute atomic E-state index is 6.99. The second kappa shape index (κ2) is 15.8. The second-order valence-corrected chi connectivity index (χ2v) is 17.4. The van der Waals surface area contributed by atoms with Gasteiger partial charge < -0.3 is 15.4 Å². The number of hydrogen-bond donors (Lipinski definition) is 2. The summed E-state index contributed by atoms with van der Waals surface area (Å²) in [7, 11) is 0. The van der Waals surface area contributed by atoms with E-state index in [1.807, 2.05) is 54.8 Å². The zero-order valence-corrected chi connectivity index (χ0v) is 36.3. The molecule has 1 aliphatic carbocycles. The van der Waals surface area contributed by atoms with Gasteiger partial charge in [-0.3, -0.25) is 9.98 Å². The first-order valence-corrected chi connectivity index (χ1v) is 22.8. The smallest absolute Gasteiger partial charge is 0.169 e. The molecule has 8 aromatic carbocycles. The van der Waals surface area contributed by atoms with Gasteiger partial charge in [0.2, 0.25) is 0 Å². The molecule has 7 heteroatoms. The minimum atomic E-state index is -0.647. The van der Waals surface area contributed by atoms with Crippen LogP contribution in [0.15, 0.2) is 238 Å². The number of nitrogens with zero attached hydrogens (tertiary/aromatic N) is 4. The fourth-order valence-corrected chi connectivity index (χ4v) is 10.4. The van der Waals surface area contributed by atoms with E-state index in [1.165, 1.54) is 16.7 Å². The fourth-order valence-electron chi connectivity index (χ4n) is 10.4. The third-order valence-corrected chi connectivity index (χ3v) is 13.5. The normalized spacial score (nSPS) is 20.4. The molecule has 0 saturated carbocycles. The summed E-state index contributed by atoms with van der Waals surface area (Å²) in [6.45, 7) is 0. The number of amidine groups is 3. The SMILES string of the molecule is C1=CC(c2ccc(C3=CC(c4ccc5c(c4)Oc4ccccc4C54c5ccccc5-c5cc(C6=NC(c7ccccc7)N=C(c7ccccc7)N6)ccc54)N=C(c4ccccc4)N3)cc2)N=C1. The molecule has 8 aromatic rings. The van der Waals surface area contributed by atoms with Crippen molar-refractivity contribution in [3.63, 3.8) is 0 Å². The van der Waals surface area contributed by atoms with Crippen molar-refractivity contribution in [1.29, 1.82) is 0 Å². The van der Waals surface area contributed by atoms with Crippen LogP contribution in [-0.2, 0) is 5.41 Å². The summed E-state index contributed by atoms with van der Waals surface area (Å²) >= 11 is 0. The van der Waals surface area contributed by atoms with E-state index in [4.69, 9.17) is 19.7 Å². The molecule has 1 spiro atoms. The largest absolute Gasteiger partial charge is 0.457 e. The van der Waals surface area contributed by atoms with E-state index >= 15 is 0 Å². The Labute approximate surface area is 389 Å². The van der Waals surface area contributed by atoms with E-state index in [0.29, 0.717) is 0 Å². The molecule has 0 bridgehead atoms. The molecule has 67 heavy (non-hydrogen) atoms. The van der Waals surface area contributed by atoms with E-state index in [-0.39, 0.29) is 12.1 Å². The summed E-state index contributed by atoms with van der Waals surface area (Å²) in [5.41, 5.74) is 14.7. The highest BCUT2D eigenvalue weighted by Gasteiger charge is 2.51. The summed E-state index contributed by atoms with van der Waals surface area (Å²) in [5.74, 6) is 4.04. The summed E-state index contributed by atoms with van der Waals surface area (Å²) in [5, 5.41) is 7.31. The van der Waals surface area contributed by atoms with Crippen molar-refractivity contribution >= 4 is 29.4 Å². The standard InChI is InChI=1S/C60H42N6O/c1-4-15-40(16-5-1)56-62-52(39-28-26-38(27-29-39)51-24-14-34-61-51)37-53(63-56)43-30-33-50-55(36-43)67-54-25-13-12-23-49(54)60(50)47-22-11-10-21-45(47)46-35-44(31-32-48(46)60)59-65-57(41-17-6-2-7-18-41)64-58(66-59)42-19-8-3-9-20-42/h1-37,51,53,57H,(H,62,63)(H,64,65,66). The lowest BCUT2D eigenvalue weighted by Crippen LogP contribution is -2.36. The molecule has 5 aliphatic rings. The number of allylic oxidation sites excluding steroid dienone is 1. The van der Waals surface area contributed by atoms with Crippen molar-refractivity contribution in [1.82, 2.24) is 10.6 Å². The molecule has 0 radical (unpaired) electrons. The van der Waals surface area contributed by atoms with E-state index in [1.54, 1.807) is 0 Å². The maximum Gasteiger partial charge on any atom is 0.169 e. The van der Waals surface area contributed by atoms with Crippen LogP contribution in [0, 0.1) is 0 Å². The zero-order valence-electron chi connectivity index (χ0n) is 36.3. The number of nitrogens with one attached hydrogen (secondary N) is 2. The van der Waals surface area contributed by atoms with Gasteiger partial charge in [-0.05, 0) is 74.9 Å². The first-order chi connectivity index (χ1) is 33.2. The van der Waals surface area contributed by atoms with Gasteiger partial charge in [-0.25, -0.2) is 9.98 Å². The minimum Gasteiger partial charge on any atom is -0.457 e. The molecule has 4 unspecified atom stereocenters. The van der Waals surface area contributed by atoms with Gasteiger partial charge in [-0.15, -0.1) is 0 Å². The molecule has 4 heterocycles. The van der Waals surface area contributed by atoms with Gasteiger partial charge in [-0.1, -0.05) is 188 Å².